The Hall–Kier alpha value is -0.860. The van der Waals surface area contributed by atoms with Crippen LogP contribution in [-0.2, 0) is 9.53 Å². The summed E-state index contributed by atoms with van der Waals surface area (Å²) in [5.74, 6) is -1.06. The molecule has 0 aromatic rings. The quantitative estimate of drug-likeness (QED) is 0.638. The SMILES string of the molecule is CCNC1COCC1C(=O)NCC(O)C(F)(F)F. The molecule has 0 spiro atoms. The van der Waals surface area contributed by atoms with E-state index in [0.717, 1.165) is 0 Å². The topological polar surface area (TPSA) is 70.6 Å². The first-order valence-corrected chi connectivity index (χ1v) is 5.69. The largest absolute Gasteiger partial charge is 0.416 e. The zero-order valence-electron chi connectivity index (χ0n) is 9.96. The third-order valence-corrected chi connectivity index (χ3v) is 2.73. The second kappa shape index (κ2) is 6.35. The maximum Gasteiger partial charge on any atom is 0.416 e. The molecule has 3 unspecified atom stereocenters. The third kappa shape index (κ3) is 4.11. The third-order valence-electron chi connectivity index (χ3n) is 2.73. The zero-order chi connectivity index (χ0) is 13.8. The van der Waals surface area contributed by atoms with Crippen LogP contribution in [0.25, 0.3) is 0 Å². The van der Waals surface area contributed by atoms with Crippen molar-refractivity contribution in [1.29, 1.82) is 0 Å². The number of amides is 1. The van der Waals surface area contributed by atoms with E-state index < -0.39 is 30.7 Å². The molecule has 3 atom stereocenters. The minimum Gasteiger partial charge on any atom is -0.382 e. The van der Waals surface area contributed by atoms with Crippen LogP contribution in [0.3, 0.4) is 0 Å². The fraction of sp³-hybridized carbons (Fsp3) is 0.900. The molecule has 1 fully saturated rings. The lowest BCUT2D eigenvalue weighted by Crippen LogP contribution is -2.47. The highest BCUT2D eigenvalue weighted by Gasteiger charge is 2.39. The minimum atomic E-state index is -4.72. The normalized spacial score (nSPS) is 26.1. The van der Waals surface area contributed by atoms with Crippen molar-refractivity contribution in [3.05, 3.63) is 0 Å². The van der Waals surface area contributed by atoms with E-state index >= 15 is 0 Å². The Bertz CT molecular complexity index is 286. The number of nitrogens with one attached hydrogen (secondary N) is 2. The Kier molecular flexibility index (Phi) is 5.36. The number of hydrogen-bond acceptors (Lipinski definition) is 4. The fourth-order valence-electron chi connectivity index (χ4n) is 1.72. The van der Waals surface area contributed by atoms with Gasteiger partial charge < -0.3 is 20.5 Å². The highest BCUT2D eigenvalue weighted by atomic mass is 19.4. The van der Waals surface area contributed by atoms with Crippen LogP contribution in [0, 0.1) is 5.92 Å². The van der Waals surface area contributed by atoms with E-state index in [1.165, 1.54) is 0 Å². The molecule has 0 radical (unpaired) electrons. The van der Waals surface area contributed by atoms with Crippen LogP contribution in [0.2, 0.25) is 0 Å². The maximum atomic E-state index is 12.0. The number of likely N-dealkylation sites (N-methyl/N-ethyl adjacent to an activating group) is 1. The summed E-state index contributed by atoms with van der Waals surface area (Å²) in [6.45, 7) is 2.20. The summed E-state index contributed by atoms with van der Waals surface area (Å²) in [6.07, 6.45) is -7.26. The number of carbonyl (C=O) groups is 1. The number of carbonyl (C=O) groups excluding carboxylic acids is 1. The molecule has 5 nitrogen and oxygen atoms in total. The van der Waals surface area contributed by atoms with E-state index in [9.17, 15) is 18.0 Å². The van der Waals surface area contributed by atoms with Crippen molar-refractivity contribution in [2.45, 2.75) is 25.2 Å². The molecule has 0 aliphatic carbocycles. The number of rotatable bonds is 5. The van der Waals surface area contributed by atoms with Gasteiger partial charge in [0.15, 0.2) is 6.10 Å². The van der Waals surface area contributed by atoms with Crippen LogP contribution in [0.15, 0.2) is 0 Å². The summed E-state index contributed by atoms with van der Waals surface area (Å²) in [5, 5.41) is 13.9. The Morgan fingerprint density at radius 1 is 1.50 bits per heavy atom. The highest BCUT2D eigenvalue weighted by Crippen LogP contribution is 2.19. The number of halogens is 3. The van der Waals surface area contributed by atoms with E-state index in [-0.39, 0.29) is 12.6 Å². The Morgan fingerprint density at radius 2 is 2.17 bits per heavy atom. The maximum absolute atomic E-state index is 12.0. The molecule has 1 saturated heterocycles. The van der Waals surface area contributed by atoms with Crippen molar-refractivity contribution in [2.75, 3.05) is 26.3 Å². The first kappa shape index (κ1) is 15.2. The summed E-state index contributed by atoms with van der Waals surface area (Å²) >= 11 is 0. The molecule has 0 bridgehead atoms. The summed E-state index contributed by atoms with van der Waals surface area (Å²) in [4.78, 5) is 11.7. The van der Waals surface area contributed by atoms with E-state index in [1.54, 1.807) is 0 Å². The minimum absolute atomic E-state index is 0.172. The van der Waals surface area contributed by atoms with Gasteiger partial charge in [0.2, 0.25) is 5.91 Å². The van der Waals surface area contributed by atoms with E-state index in [1.807, 2.05) is 6.92 Å². The molecule has 0 saturated carbocycles. The van der Waals surface area contributed by atoms with Gasteiger partial charge in [-0.25, -0.2) is 0 Å². The lowest BCUT2D eigenvalue weighted by atomic mass is 10.0. The fourth-order valence-corrected chi connectivity index (χ4v) is 1.72. The van der Waals surface area contributed by atoms with Crippen molar-refractivity contribution in [3.8, 4) is 0 Å². The van der Waals surface area contributed by atoms with Crippen LogP contribution in [0.1, 0.15) is 6.92 Å². The van der Waals surface area contributed by atoms with Crippen LogP contribution >= 0.6 is 0 Å². The van der Waals surface area contributed by atoms with Crippen molar-refractivity contribution >= 4 is 5.91 Å². The molecule has 1 heterocycles. The van der Waals surface area contributed by atoms with Crippen LogP contribution in [0.4, 0.5) is 13.2 Å². The number of alkyl halides is 3. The zero-order valence-corrected chi connectivity index (χ0v) is 9.96. The standard InChI is InChI=1S/C10H17F3N2O3/c1-2-14-7-5-18-4-6(7)9(17)15-3-8(16)10(11,12)13/h6-8,14,16H,2-5H2,1H3,(H,15,17). The number of hydrogen-bond donors (Lipinski definition) is 3. The molecule has 1 amide bonds. The van der Waals surface area contributed by atoms with Gasteiger partial charge in [0, 0.05) is 6.04 Å². The number of aliphatic hydroxyl groups is 1. The predicted molar refractivity (Wildman–Crippen MR) is 56.8 cm³/mol. The van der Waals surface area contributed by atoms with Gasteiger partial charge in [-0.2, -0.15) is 13.2 Å². The average Bonchev–Trinajstić information content (AvgIpc) is 2.72. The van der Waals surface area contributed by atoms with Crippen LogP contribution in [0.5, 0.6) is 0 Å². The van der Waals surface area contributed by atoms with E-state index in [0.29, 0.717) is 13.2 Å². The van der Waals surface area contributed by atoms with Gasteiger partial charge in [-0.3, -0.25) is 4.79 Å². The Labute approximate surface area is 103 Å². The summed E-state index contributed by atoms with van der Waals surface area (Å²) in [7, 11) is 0. The monoisotopic (exact) mass is 270 g/mol. The van der Waals surface area contributed by atoms with Gasteiger partial charge >= 0.3 is 6.18 Å². The van der Waals surface area contributed by atoms with E-state index in [4.69, 9.17) is 9.84 Å². The Balaban J connectivity index is 2.41. The van der Waals surface area contributed by atoms with Gasteiger partial charge in [0.25, 0.3) is 0 Å². The van der Waals surface area contributed by atoms with Gasteiger partial charge in [0.05, 0.1) is 25.7 Å². The number of aliphatic hydroxyl groups excluding tert-OH is 1. The molecular formula is C10H17F3N2O3. The Morgan fingerprint density at radius 3 is 2.72 bits per heavy atom. The molecule has 3 N–H and O–H groups in total. The first-order chi connectivity index (χ1) is 8.36. The van der Waals surface area contributed by atoms with Crippen molar-refractivity contribution < 1.29 is 27.8 Å². The number of ether oxygens (including phenoxy) is 1. The molecule has 1 aliphatic heterocycles. The van der Waals surface area contributed by atoms with Crippen LogP contribution < -0.4 is 10.6 Å². The predicted octanol–water partition coefficient (Wildman–Crippen LogP) is -0.350. The molecule has 106 valence electrons. The first-order valence-electron chi connectivity index (χ1n) is 5.69. The lowest BCUT2D eigenvalue weighted by Gasteiger charge is -2.20. The molecule has 1 aliphatic rings. The molecule has 18 heavy (non-hydrogen) atoms. The molecular weight excluding hydrogens is 253 g/mol. The van der Waals surface area contributed by atoms with Gasteiger partial charge in [0.1, 0.15) is 0 Å². The molecule has 8 heteroatoms. The van der Waals surface area contributed by atoms with Crippen molar-refractivity contribution in [2.24, 2.45) is 5.92 Å². The second-order valence-electron chi connectivity index (χ2n) is 4.11. The van der Waals surface area contributed by atoms with Gasteiger partial charge in [-0.05, 0) is 6.54 Å². The smallest absolute Gasteiger partial charge is 0.382 e. The summed E-state index contributed by atoms with van der Waals surface area (Å²) < 4.78 is 41.2. The second-order valence-corrected chi connectivity index (χ2v) is 4.11. The van der Waals surface area contributed by atoms with Gasteiger partial charge in [-0.1, -0.05) is 6.92 Å². The lowest BCUT2D eigenvalue weighted by molar-refractivity contribution is -0.202. The summed E-state index contributed by atoms with van der Waals surface area (Å²) in [5.41, 5.74) is 0. The average molecular weight is 270 g/mol. The van der Waals surface area contributed by atoms with Gasteiger partial charge in [-0.15, -0.1) is 0 Å². The molecule has 0 aromatic carbocycles. The molecule has 0 aromatic heterocycles. The highest BCUT2D eigenvalue weighted by molar-refractivity contribution is 5.79. The van der Waals surface area contributed by atoms with Crippen molar-refractivity contribution in [1.82, 2.24) is 10.6 Å². The van der Waals surface area contributed by atoms with E-state index in [2.05, 4.69) is 10.6 Å². The van der Waals surface area contributed by atoms with Crippen molar-refractivity contribution in [3.63, 3.8) is 0 Å². The van der Waals surface area contributed by atoms with Crippen LogP contribution in [-0.4, -0.2) is 55.6 Å². The molecule has 1 rings (SSSR count). The summed E-state index contributed by atoms with van der Waals surface area (Å²) in [6, 6.07) is -0.196.